The van der Waals surface area contributed by atoms with Gasteiger partial charge in [-0.25, -0.2) is 0 Å². The Balaban J connectivity index is 1.94. The number of β-lactam (4-membered cyclic amide) rings is 1. The zero-order valence-corrected chi connectivity index (χ0v) is 14.3. The fourth-order valence-electron chi connectivity index (χ4n) is 3.25. The minimum Gasteiger partial charge on any atom is -0.334 e. The Morgan fingerprint density at radius 1 is 1.24 bits per heavy atom. The summed E-state index contributed by atoms with van der Waals surface area (Å²) in [7, 11) is -0.880. The zero-order valence-electron chi connectivity index (χ0n) is 13.3. The highest BCUT2D eigenvalue weighted by molar-refractivity contribution is 6.65. The predicted molar refractivity (Wildman–Crippen MR) is 84.0 cm³/mol. The summed E-state index contributed by atoms with van der Waals surface area (Å²) in [5.41, 5.74) is 0.867. The molecule has 1 radical (unpaired) electrons. The van der Waals surface area contributed by atoms with Crippen LogP contribution in [0.15, 0.2) is 30.3 Å². The average Bonchev–Trinajstić information content (AvgIpc) is 2.73. The van der Waals surface area contributed by atoms with Gasteiger partial charge < -0.3 is 9.64 Å². The Morgan fingerprint density at radius 3 is 2.38 bits per heavy atom. The number of likely N-dealkylation sites (tertiary alicyclic amines) is 1. The number of carbonyl (C=O) groups is 1. The van der Waals surface area contributed by atoms with Gasteiger partial charge in [-0.05, 0) is 26.3 Å². The van der Waals surface area contributed by atoms with Gasteiger partial charge in [0.05, 0.1) is 8.80 Å². The molecule has 21 heavy (non-hydrogen) atoms. The minimum atomic E-state index is -0.880. The van der Waals surface area contributed by atoms with Crippen LogP contribution in [0.2, 0.25) is 13.1 Å². The van der Waals surface area contributed by atoms with Crippen LogP contribution in [-0.4, -0.2) is 36.5 Å². The molecule has 0 bridgehead atoms. The van der Waals surface area contributed by atoms with E-state index in [9.17, 15) is 4.79 Å². The Hall–Kier alpha value is -1.17. The summed E-state index contributed by atoms with van der Waals surface area (Å²) in [4.78, 5) is 14.7. The van der Waals surface area contributed by atoms with Crippen molar-refractivity contribution >= 4 is 14.7 Å². The number of carbonyl (C=O) groups excluding carboxylic acids is 1. The topological polar surface area (TPSA) is 41.6 Å². The van der Waals surface area contributed by atoms with Crippen molar-refractivity contribution in [3.63, 3.8) is 0 Å². The van der Waals surface area contributed by atoms with Gasteiger partial charge in [-0.2, -0.15) is 0 Å². The van der Waals surface area contributed by atoms with Crippen LogP contribution >= 0.6 is 0 Å². The Bertz CT molecular complexity index is 555. The molecule has 113 valence electrons. The number of rotatable bonds is 2. The van der Waals surface area contributed by atoms with Crippen molar-refractivity contribution in [2.75, 3.05) is 0 Å². The van der Waals surface area contributed by atoms with Crippen LogP contribution in [0.5, 0.6) is 0 Å². The van der Waals surface area contributed by atoms with E-state index in [1.165, 1.54) is 0 Å². The Labute approximate surface area is 128 Å². The molecule has 0 saturated carbocycles. The first-order chi connectivity index (χ1) is 9.78. The second kappa shape index (κ2) is 4.66. The van der Waals surface area contributed by atoms with Gasteiger partial charge in [-0.1, -0.05) is 43.4 Å². The standard InChI is InChI=1S/C16H23N2O2Si/c1-15(2,3)18-13(19)16(21(4)5)14(18)20-12(17-16)11-9-7-6-8-10-11/h6-10,12,14,17H,1-5H3. The lowest BCUT2D eigenvalue weighted by atomic mass is 9.94. The number of benzene rings is 1. The van der Waals surface area contributed by atoms with Gasteiger partial charge in [0.25, 0.3) is 0 Å². The molecule has 2 aliphatic heterocycles. The fourth-order valence-corrected chi connectivity index (χ4v) is 4.91. The van der Waals surface area contributed by atoms with Gasteiger partial charge in [-0.3, -0.25) is 10.1 Å². The molecular formula is C16H23N2O2Si. The molecule has 2 saturated heterocycles. The summed E-state index contributed by atoms with van der Waals surface area (Å²) in [5.74, 6) is 0.192. The van der Waals surface area contributed by atoms with E-state index in [-0.39, 0.29) is 23.9 Å². The largest absolute Gasteiger partial charge is 0.334 e. The van der Waals surface area contributed by atoms with E-state index < -0.39 is 14.0 Å². The number of hydrogen-bond acceptors (Lipinski definition) is 3. The molecule has 3 rings (SSSR count). The number of hydrogen-bond donors (Lipinski definition) is 1. The number of fused-ring (bicyclic) bond motifs is 1. The third kappa shape index (κ3) is 1.98. The number of nitrogens with one attached hydrogen (secondary N) is 1. The summed E-state index contributed by atoms with van der Waals surface area (Å²) in [5, 5.41) is 3.02. The van der Waals surface area contributed by atoms with E-state index in [1.807, 2.05) is 35.2 Å². The highest BCUT2D eigenvalue weighted by atomic mass is 28.3. The maximum atomic E-state index is 12.8. The average molecular weight is 303 g/mol. The molecule has 4 nitrogen and oxygen atoms in total. The molecule has 1 aromatic carbocycles. The van der Waals surface area contributed by atoms with Crippen LogP contribution < -0.4 is 5.32 Å². The minimum absolute atomic E-state index is 0.154. The summed E-state index contributed by atoms with van der Waals surface area (Å²) in [6.45, 7) is 10.5. The Morgan fingerprint density at radius 2 is 1.86 bits per heavy atom. The first-order valence-corrected chi connectivity index (χ1v) is 9.91. The molecule has 5 heteroatoms. The molecule has 0 aromatic heterocycles. The number of amides is 1. The quantitative estimate of drug-likeness (QED) is 0.673. The monoisotopic (exact) mass is 303 g/mol. The number of ether oxygens (including phenoxy) is 1. The second-order valence-electron chi connectivity index (χ2n) is 7.08. The smallest absolute Gasteiger partial charge is 0.246 e. The number of nitrogens with zero attached hydrogens (tertiary/aromatic N) is 1. The van der Waals surface area contributed by atoms with Gasteiger partial charge >= 0.3 is 0 Å². The second-order valence-corrected chi connectivity index (χ2v) is 9.87. The molecule has 1 aromatic rings. The molecule has 1 N–H and O–H groups in total. The van der Waals surface area contributed by atoms with Crippen molar-refractivity contribution in [3.8, 4) is 0 Å². The lowest BCUT2D eigenvalue weighted by Crippen LogP contribution is -2.83. The van der Waals surface area contributed by atoms with Crippen LogP contribution in [-0.2, 0) is 9.53 Å². The highest BCUT2D eigenvalue weighted by Crippen LogP contribution is 2.47. The molecule has 1 amide bonds. The SMILES string of the molecule is C[Si](C)C12NC(c3ccccc3)OC1N(C(C)(C)C)C2=O. The van der Waals surface area contributed by atoms with Crippen LogP contribution in [0.25, 0.3) is 0 Å². The van der Waals surface area contributed by atoms with Crippen molar-refractivity contribution in [1.29, 1.82) is 0 Å². The normalized spacial score (nSPS) is 32.3. The van der Waals surface area contributed by atoms with Gasteiger partial charge in [0.1, 0.15) is 11.4 Å². The van der Waals surface area contributed by atoms with Crippen molar-refractivity contribution in [2.24, 2.45) is 0 Å². The third-order valence-electron chi connectivity index (χ3n) is 4.40. The van der Waals surface area contributed by atoms with E-state index in [0.29, 0.717) is 0 Å². The first-order valence-electron chi connectivity index (χ1n) is 7.41. The van der Waals surface area contributed by atoms with Gasteiger partial charge in [0.2, 0.25) is 5.91 Å². The van der Waals surface area contributed by atoms with Gasteiger partial charge in [0, 0.05) is 5.54 Å². The fraction of sp³-hybridized carbons (Fsp3) is 0.562. The van der Waals surface area contributed by atoms with Crippen molar-refractivity contribution < 1.29 is 9.53 Å². The predicted octanol–water partition coefficient (Wildman–Crippen LogP) is 2.30. The molecule has 2 heterocycles. The summed E-state index contributed by atoms with van der Waals surface area (Å²) < 4.78 is 6.24. The zero-order chi connectivity index (χ0) is 15.4. The molecule has 2 fully saturated rings. The van der Waals surface area contributed by atoms with Crippen molar-refractivity contribution in [1.82, 2.24) is 10.2 Å². The van der Waals surface area contributed by atoms with E-state index >= 15 is 0 Å². The van der Waals surface area contributed by atoms with Gasteiger partial charge in [-0.15, -0.1) is 0 Å². The summed E-state index contributed by atoms with van der Waals surface area (Å²) in [6, 6.07) is 10.1. The lowest BCUT2D eigenvalue weighted by molar-refractivity contribution is -0.189. The van der Waals surface area contributed by atoms with E-state index in [1.54, 1.807) is 0 Å². The molecule has 3 unspecified atom stereocenters. The van der Waals surface area contributed by atoms with E-state index in [2.05, 4.69) is 39.2 Å². The highest BCUT2D eigenvalue weighted by Gasteiger charge is 2.70. The van der Waals surface area contributed by atoms with Crippen LogP contribution in [0, 0.1) is 0 Å². The molecule has 0 aliphatic carbocycles. The molecule has 2 aliphatic rings. The van der Waals surface area contributed by atoms with Crippen molar-refractivity contribution in [3.05, 3.63) is 35.9 Å². The van der Waals surface area contributed by atoms with E-state index in [4.69, 9.17) is 4.74 Å². The molecule has 0 spiro atoms. The molecule has 3 atom stereocenters. The summed E-state index contributed by atoms with van der Waals surface area (Å²) >= 11 is 0. The summed E-state index contributed by atoms with van der Waals surface area (Å²) in [6.07, 6.45) is -0.355. The van der Waals surface area contributed by atoms with Crippen LogP contribution in [0.3, 0.4) is 0 Å². The third-order valence-corrected chi connectivity index (χ3v) is 6.58. The Kier molecular flexibility index (Phi) is 3.27. The molecular weight excluding hydrogens is 280 g/mol. The van der Waals surface area contributed by atoms with Crippen LogP contribution in [0.1, 0.15) is 32.6 Å². The maximum absolute atomic E-state index is 12.8. The van der Waals surface area contributed by atoms with Crippen LogP contribution in [0.4, 0.5) is 0 Å². The van der Waals surface area contributed by atoms with E-state index in [0.717, 1.165) is 5.56 Å². The first kappa shape index (κ1) is 14.8. The van der Waals surface area contributed by atoms with Crippen molar-refractivity contribution in [2.45, 2.75) is 57.0 Å². The lowest BCUT2D eigenvalue weighted by Gasteiger charge is -2.57. The maximum Gasteiger partial charge on any atom is 0.246 e. The van der Waals surface area contributed by atoms with Gasteiger partial charge in [0.15, 0.2) is 6.23 Å².